The first-order valence-electron chi connectivity index (χ1n) is 4.64. The summed E-state index contributed by atoms with van der Waals surface area (Å²) < 4.78 is 5.40. The van der Waals surface area contributed by atoms with Gasteiger partial charge >= 0.3 is 0 Å². The summed E-state index contributed by atoms with van der Waals surface area (Å²) in [7, 11) is 0. The molecule has 0 bridgehead atoms. The average molecular weight is 160 g/mol. The number of ether oxygens (including phenoxy) is 1. The van der Waals surface area contributed by atoms with E-state index in [0.29, 0.717) is 12.2 Å². The predicted octanol–water partition coefficient (Wildman–Crippen LogP) is 2.33. The highest BCUT2D eigenvalue weighted by Gasteiger charge is 2.47. The van der Waals surface area contributed by atoms with Crippen molar-refractivity contribution < 1.29 is 4.74 Å². The van der Waals surface area contributed by atoms with Gasteiger partial charge in [-0.2, -0.15) is 0 Å². The van der Waals surface area contributed by atoms with Crippen LogP contribution < -0.4 is 0 Å². The van der Waals surface area contributed by atoms with E-state index in [1.54, 1.807) is 0 Å². The van der Waals surface area contributed by atoms with E-state index in [1.165, 1.54) is 18.4 Å². The monoisotopic (exact) mass is 160 g/mol. The van der Waals surface area contributed by atoms with E-state index in [9.17, 15) is 0 Å². The summed E-state index contributed by atoms with van der Waals surface area (Å²) in [4.78, 5) is 0. The van der Waals surface area contributed by atoms with Crippen molar-refractivity contribution in [3.63, 3.8) is 0 Å². The second-order valence-corrected chi connectivity index (χ2v) is 3.79. The maximum absolute atomic E-state index is 5.40. The minimum Gasteiger partial charge on any atom is -0.370 e. The summed E-state index contributed by atoms with van der Waals surface area (Å²) in [5.41, 5.74) is 1.49. The van der Waals surface area contributed by atoms with E-state index in [4.69, 9.17) is 4.74 Å². The molecule has 1 heteroatoms. The van der Waals surface area contributed by atoms with Gasteiger partial charge in [-0.1, -0.05) is 30.3 Å². The molecule has 1 saturated carbocycles. The molecule has 1 nitrogen and oxygen atoms in total. The standard InChI is InChI=1S/C11H12O/c1-2-4-8(5-3-1)9-6-10-11(7-9)12-10/h1-5,9-11H,6-7H2. The van der Waals surface area contributed by atoms with Crippen LogP contribution in [-0.4, -0.2) is 12.2 Å². The third-order valence-electron chi connectivity index (χ3n) is 2.99. The van der Waals surface area contributed by atoms with Crippen LogP contribution in [0.5, 0.6) is 0 Å². The van der Waals surface area contributed by atoms with Crippen LogP contribution in [0.1, 0.15) is 24.3 Å². The van der Waals surface area contributed by atoms with Crippen molar-refractivity contribution in [2.45, 2.75) is 31.0 Å². The molecule has 0 spiro atoms. The van der Waals surface area contributed by atoms with Crippen LogP contribution in [0.25, 0.3) is 0 Å². The smallest absolute Gasteiger partial charge is 0.0848 e. The maximum atomic E-state index is 5.40. The summed E-state index contributed by atoms with van der Waals surface area (Å²) in [5, 5.41) is 0. The zero-order chi connectivity index (χ0) is 7.97. The Bertz CT molecular complexity index is 270. The van der Waals surface area contributed by atoms with E-state index in [-0.39, 0.29) is 0 Å². The second-order valence-electron chi connectivity index (χ2n) is 3.79. The molecule has 3 rings (SSSR count). The third kappa shape index (κ3) is 0.969. The van der Waals surface area contributed by atoms with Crippen molar-refractivity contribution in [3.8, 4) is 0 Å². The van der Waals surface area contributed by atoms with Crippen molar-refractivity contribution in [3.05, 3.63) is 35.9 Å². The predicted molar refractivity (Wildman–Crippen MR) is 47.1 cm³/mol. The molecule has 1 saturated heterocycles. The quantitative estimate of drug-likeness (QED) is 0.574. The number of fused-ring (bicyclic) bond motifs is 1. The summed E-state index contributed by atoms with van der Waals surface area (Å²) in [6.07, 6.45) is 3.70. The number of benzene rings is 1. The highest BCUT2D eigenvalue weighted by Crippen LogP contribution is 2.46. The Balaban J connectivity index is 1.82. The number of hydrogen-bond donors (Lipinski definition) is 0. The molecule has 62 valence electrons. The molecular weight excluding hydrogens is 148 g/mol. The molecule has 1 aromatic rings. The van der Waals surface area contributed by atoms with Crippen molar-refractivity contribution >= 4 is 0 Å². The maximum Gasteiger partial charge on any atom is 0.0848 e. The zero-order valence-corrected chi connectivity index (χ0v) is 6.94. The topological polar surface area (TPSA) is 12.5 Å². The number of rotatable bonds is 1. The Morgan fingerprint density at radius 3 is 2.33 bits per heavy atom. The molecule has 0 aromatic heterocycles. The lowest BCUT2D eigenvalue weighted by molar-refractivity contribution is 0.304. The molecule has 1 aliphatic carbocycles. The van der Waals surface area contributed by atoms with Crippen LogP contribution in [0.4, 0.5) is 0 Å². The van der Waals surface area contributed by atoms with Gasteiger partial charge < -0.3 is 4.74 Å². The van der Waals surface area contributed by atoms with Crippen molar-refractivity contribution in [1.82, 2.24) is 0 Å². The largest absolute Gasteiger partial charge is 0.370 e. The highest BCUT2D eigenvalue weighted by atomic mass is 16.6. The molecule has 2 aliphatic rings. The molecule has 1 heterocycles. The highest BCUT2D eigenvalue weighted by molar-refractivity contribution is 5.23. The Hall–Kier alpha value is -0.820. The van der Waals surface area contributed by atoms with Gasteiger partial charge in [-0.15, -0.1) is 0 Å². The van der Waals surface area contributed by atoms with Gasteiger partial charge in [0, 0.05) is 0 Å². The third-order valence-corrected chi connectivity index (χ3v) is 2.99. The van der Waals surface area contributed by atoms with Gasteiger partial charge in [0.2, 0.25) is 0 Å². The van der Waals surface area contributed by atoms with Gasteiger partial charge in [-0.25, -0.2) is 0 Å². The Labute approximate surface area is 72.4 Å². The molecule has 1 aliphatic heterocycles. The average Bonchev–Trinajstić information content (AvgIpc) is 2.75. The summed E-state index contributed by atoms with van der Waals surface area (Å²) in [6.45, 7) is 0. The van der Waals surface area contributed by atoms with Gasteiger partial charge in [0.15, 0.2) is 0 Å². The van der Waals surface area contributed by atoms with E-state index in [0.717, 1.165) is 5.92 Å². The van der Waals surface area contributed by atoms with E-state index >= 15 is 0 Å². The molecule has 1 aromatic carbocycles. The van der Waals surface area contributed by atoms with Gasteiger partial charge in [-0.05, 0) is 24.3 Å². The molecule has 2 fully saturated rings. The van der Waals surface area contributed by atoms with Crippen LogP contribution in [0.2, 0.25) is 0 Å². The minimum absolute atomic E-state index is 0.607. The summed E-state index contributed by atoms with van der Waals surface area (Å²) >= 11 is 0. The Morgan fingerprint density at radius 1 is 1.00 bits per heavy atom. The van der Waals surface area contributed by atoms with Crippen LogP contribution in [0.3, 0.4) is 0 Å². The lowest BCUT2D eigenvalue weighted by atomic mass is 9.97. The molecule has 0 radical (unpaired) electrons. The van der Waals surface area contributed by atoms with Gasteiger partial charge in [0.1, 0.15) is 0 Å². The number of hydrogen-bond acceptors (Lipinski definition) is 1. The fraction of sp³-hybridized carbons (Fsp3) is 0.455. The molecule has 0 N–H and O–H groups in total. The van der Waals surface area contributed by atoms with Crippen molar-refractivity contribution in [2.24, 2.45) is 0 Å². The lowest BCUT2D eigenvalue weighted by Gasteiger charge is -2.10. The van der Waals surface area contributed by atoms with Gasteiger partial charge in [0.05, 0.1) is 12.2 Å². The first-order valence-corrected chi connectivity index (χ1v) is 4.64. The zero-order valence-electron chi connectivity index (χ0n) is 6.94. The minimum atomic E-state index is 0.607. The second kappa shape index (κ2) is 2.33. The van der Waals surface area contributed by atoms with Gasteiger partial charge in [-0.3, -0.25) is 0 Å². The van der Waals surface area contributed by atoms with Crippen LogP contribution in [0.15, 0.2) is 30.3 Å². The summed E-state index contributed by atoms with van der Waals surface area (Å²) in [6, 6.07) is 10.8. The number of epoxide rings is 1. The fourth-order valence-electron chi connectivity index (χ4n) is 2.25. The van der Waals surface area contributed by atoms with Crippen molar-refractivity contribution in [2.75, 3.05) is 0 Å². The van der Waals surface area contributed by atoms with Crippen molar-refractivity contribution in [1.29, 1.82) is 0 Å². The molecule has 12 heavy (non-hydrogen) atoms. The SMILES string of the molecule is c1ccc(C2CC3OC3C2)cc1. The Morgan fingerprint density at radius 2 is 1.67 bits per heavy atom. The molecule has 2 atom stereocenters. The lowest BCUT2D eigenvalue weighted by Crippen LogP contribution is -1.96. The first kappa shape index (κ1) is 6.67. The van der Waals surface area contributed by atoms with E-state index in [1.807, 2.05) is 0 Å². The fourth-order valence-corrected chi connectivity index (χ4v) is 2.25. The summed E-state index contributed by atoms with van der Waals surface area (Å²) in [5.74, 6) is 0.773. The van der Waals surface area contributed by atoms with Crippen LogP contribution >= 0.6 is 0 Å². The van der Waals surface area contributed by atoms with E-state index < -0.39 is 0 Å². The normalized spacial score (nSPS) is 37.8. The van der Waals surface area contributed by atoms with Crippen LogP contribution in [0, 0.1) is 0 Å². The Kier molecular flexibility index (Phi) is 1.30. The van der Waals surface area contributed by atoms with Crippen LogP contribution in [-0.2, 0) is 4.74 Å². The molecule has 2 unspecified atom stereocenters. The van der Waals surface area contributed by atoms with Gasteiger partial charge in [0.25, 0.3) is 0 Å². The van der Waals surface area contributed by atoms with E-state index in [2.05, 4.69) is 30.3 Å². The first-order chi connectivity index (χ1) is 5.93. The molecule has 0 amide bonds. The molecular formula is C11H12O.